The largest absolute Gasteiger partial charge is 0.395 e. The third-order valence-electron chi connectivity index (χ3n) is 6.03. The number of rotatable bonds is 4. The topological polar surface area (TPSA) is 26.7 Å². The van der Waals surface area contributed by atoms with E-state index in [9.17, 15) is 18.3 Å². The number of alkyl halides is 3. The second-order valence-electron chi connectivity index (χ2n) is 8.05. The Kier molecular flexibility index (Phi) is 6.44. The molecule has 0 saturated carbocycles. The minimum atomic E-state index is -4.22. The first-order valence-corrected chi connectivity index (χ1v) is 11.3. The number of nitrogens with zero attached hydrogens (tertiary/aromatic N) is 2. The standard InChI is InChI=1S/C23H27F3N2OS/c1-16(29)28-13-11-27(12-14-28)10-4-6-18-19-5-2-3-7-21(19)30-22-9-8-17(15-20(18)22)23(24,25)26/h2-3,5-7,9,15-17,29H,4,8,10-14H2,1H3/b18-6-. The highest BCUT2D eigenvalue weighted by Crippen LogP contribution is 2.51. The average Bonchev–Trinajstić information content (AvgIpc) is 2.72. The predicted molar refractivity (Wildman–Crippen MR) is 115 cm³/mol. The molecule has 1 aliphatic carbocycles. The van der Waals surface area contributed by atoms with Crippen LogP contribution in [0.1, 0.15) is 25.3 Å². The van der Waals surface area contributed by atoms with Crippen molar-refractivity contribution in [3.05, 3.63) is 58.5 Å². The van der Waals surface area contributed by atoms with E-state index in [0.29, 0.717) is 0 Å². The van der Waals surface area contributed by atoms with E-state index in [1.54, 1.807) is 24.8 Å². The molecule has 30 heavy (non-hydrogen) atoms. The van der Waals surface area contributed by atoms with Crippen LogP contribution in [-0.4, -0.2) is 60.0 Å². The Hall–Kier alpha value is -1.54. The Morgan fingerprint density at radius 1 is 1.20 bits per heavy atom. The van der Waals surface area contributed by atoms with E-state index in [2.05, 4.69) is 11.0 Å². The zero-order valence-electron chi connectivity index (χ0n) is 17.0. The second kappa shape index (κ2) is 8.91. The summed E-state index contributed by atoms with van der Waals surface area (Å²) in [6.07, 6.45) is 1.44. The van der Waals surface area contributed by atoms with Gasteiger partial charge in [0.2, 0.25) is 0 Å². The molecule has 2 atom stereocenters. The number of allylic oxidation sites excluding steroid dienone is 4. The summed E-state index contributed by atoms with van der Waals surface area (Å²) < 4.78 is 40.1. The van der Waals surface area contributed by atoms with Gasteiger partial charge in [-0.15, -0.1) is 0 Å². The average molecular weight is 437 g/mol. The summed E-state index contributed by atoms with van der Waals surface area (Å²) in [5, 5.41) is 9.70. The Balaban J connectivity index is 1.53. The smallest absolute Gasteiger partial charge is 0.379 e. The molecule has 1 aromatic carbocycles. The number of hydrogen-bond donors (Lipinski definition) is 1. The van der Waals surface area contributed by atoms with Gasteiger partial charge in [0.25, 0.3) is 0 Å². The van der Waals surface area contributed by atoms with E-state index in [4.69, 9.17) is 0 Å². The number of piperazine rings is 1. The van der Waals surface area contributed by atoms with E-state index in [0.717, 1.165) is 65.7 Å². The first kappa shape index (κ1) is 21.7. The molecule has 4 rings (SSSR count). The minimum absolute atomic E-state index is 0.0122. The Morgan fingerprint density at radius 3 is 2.63 bits per heavy atom. The van der Waals surface area contributed by atoms with Crippen LogP contribution in [0.3, 0.4) is 0 Å². The molecule has 7 heteroatoms. The molecule has 1 fully saturated rings. The maximum Gasteiger partial charge on any atom is 0.395 e. The number of thioether (sulfide) groups is 1. The second-order valence-corrected chi connectivity index (χ2v) is 9.13. The van der Waals surface area contributed by atoms with Crippen LogP contribution in [-0.2, 0) is 0 Å². The van der Waals surface area contributed by atoms with Crippen molar-refractivity contribution >= 4 is 17.3 Å². The lowest BCUT2D eigenvalue weighted by atomic mass is 9.87. The van der Waals surface area contributed by atoms with Crippen LogP contribution in [0.25, 0.3) is 5.57 Å². The normalized spacial score (nSPS) is 25.4. The van der Waals surface area contributed by atoms with Gasteiger partial charge in [0.15, 0.2) is 0 Å². The van der Waals surface area contributed by atoms with Crippen molar-refractivity contribution in [3.8, 4) is 0 Å². The number of aliphatic hydroxyl groups excluding tert-OH is 1. The molecule has 2 unspecified atom stereocenters. The number of benzene rings is 1. The van der Waals surface area contributed by atoms with E-state index in [1.165, 1.54) is 6.08 Å². The van der Waals surface area contributed by atoms with Crippen LogP contribution in [0.15, 0.2) is 57.9 Å². The predicted octanol–water partition coefficient (Wildman–Crippen LogP) is 4.91. The van der Waals surface area contributed by atoms with Gasteiger partial charge in [-0.2, -0.15) is 13.2 Å². The molecule has 2 aliphatic heterocycles. The first-order valence-electron chi connectivity index (χ1n) is 10.4. The van der Waals surface area contributed by atoms with Crippen molar-refractivity contribution in [2.75, 3.05) is 32.7 Å². The minimum Gasteiger partial charge on any atom is -0.379 e. The molecular formula is C23H27F3N2OS. The van der Waals surface area contributed by atoms with Gasteiger partial charge in [0.05, 0.1) is 5.92 Å². The summed E-state index contributed by atoms with van der Waals surface area (Å²) in [5.74, 6) is -1.42. The van der Waals surface area contributed by atoms with Crippen LogP contribution < -0.4 is 0 Å². The summed E-state index contributed by atoms with van der Waals surface area (Å²) in [6, 6.07) is 7.96. The molecule has 1 saturated heterocycles. The van der Waals surface area contributed by atoms with Gasteiger partial charge >= 0.3 is 6.18 Å². The number of halogens is 3. The van der Waals surface area contributed by atoms with E-state index >= 15 is 0 Å². The van der Waals surface area contributed by atoms with Gasteiger partial charge in [-0.1, -0.05) is 48.2 Å². The van der Waals surface area contributed by atoms with Gasteiger partial charge < -0.3 is 10.0 Å². The Labute approximate surface area is 179 Å². The highest BCUT2D eigenvalue weighted by molar-refractivity contribution is 8.03. The molecule has 1 N–H and O–H groups in total. The highest BCUT2D eigenvalue weighted by atomic mass is 32.2. The summed E-state index contributed by atoms with van der Waals surface area (Å²) in [7, 11) is 0. The number of aliphatic hydroxyl groups is 1. The van der Waals surface area contributed by atoms with Gasteiger partial charge in [-0.25, -0.2) is 0 Å². The quantitative estimate of drug-likeness (QED) is 0.725. The van der Waals surface area contributed by atoms with Crippen LogP contribution in [0.4, 0.5) is 13.2 Å². The molecule has 2 heterocycles. The van der Waals surface area contributed by atoms with Crippen molar-refractivity contribution in [2.45, 2.75) is 37.1 Å². The fourth-order valence-electron chi connectivity index (χ4n) is 4.26. The molecule has 0 amide bonds. The molecule has 0 bridgehead atoms. The summed E-state index contributed by atoms with van der Waals surface area (Å²) in [4.78, 5) is 6.43. The lowest BCUT2D eigenvalue weighted by Gasteiger charge is -2.36. The number of fused-ring (bicyclic) bond motifs is 2. The van der Waals surface area contributed by atoms with Crippen molar-refractivity contribution in [1.82, 2.24) is 9.80 Å². The summed E-state index contributed by atoms with van der Waals surface area (Å²) in [6.45, 7) is 6.10. The molecule has 0 spiro atoms. The fraction of sp³-hybridized carbons (Fsp3) is 0.478. The van der Waals surface area contributed by atoms with Crippen LogP contribution in [0.5, 0.6) is 0 Å². The maximum absolute atomic E-state index is 13.4. The fourth-order valence-corrected chi connectivity index (χ4v) is 5.40. The van der Waals surface area contributed by atoms with Crippen molar-refractivity contribution in [1.29, 1.82) is 0 Å². The summed E-state index contributed by atoms with van der Waals surface area (Å²) >= 11 is 1.57. The van der Waals surface area contributed by atoms with Gasteiger partial charge in [0.1, 0.15) is 6.23 Å². The monoisotopic (exact) mass is 436 g/mol. The van der Waals surface area contributed by atoms with Crippen LogP contribution in [0, 0.1) is 5.92 Å². The molecule has 0 radical (unpaired) electrons. The van der Waals surface area contributed by atoms with Gasteiger partial charge in [0, 0.05) is 42.5 Å². The SMILES string of the molecule is CC(O)N1CCN(CC/C=C2\C3=CC(C(F)(F)F)CC=C3Sc3ccccc32)CC1. The lowest BCUT2D eigenvalue weighted by molar-refractivity contribution is -0.160. The van der Waals surface area contributed by atoms with Gasteiger partial charge in [-0.3, -0.25) is 4.90 Å². The zero-order valence-corrected chi connectivity index (χ0v) is 17.8. The summed E-state index contributed by atoms with van der Waals surface area (Å²) in [5.41, 5.74) is 2.67. The molecule has 3 nitrogen and oxygen atoms in total. The Morgan fingerprint density at radius 2 is 1.93 bits per heavy atom. The van der Waals surface area contributed by atoms with Crippen molar-refractivity contribution in [3.63, 3.8) is 0 Å². The molecule has 1 aromatic rings. The van der Waals surface area contributed by atoms with E-state index in [1.807, 2.05) is 29.2 Å². The zero-order chi connectivity index (χ0) is 21.3. The number of hydrogen-bond acceptors (Lipinski definition) is 4. The van der Waals surface area contributed by atoms with E-state index in [-0.39, 0.29) is 6.42 Å². The van der Waals surface area contributed by atoms with Crippen LogP contribution in [0.2, 0.25) is 0 Å². The molecular weight excluding hydrogens is 409 g/mol. The lowest BCUT2D eigenvalue weighted by Crippen LogP contribution is -2.49. The maximum atomic E-state index is 13.4. The van der Waals surface area contributed by atoms with Crippen LogP contribution >= 0.6 is 11.8 Å². The Bertz CT molecular complexity index is 867. The van der Waals surface area contributed by atoms with Crippen molar-refractivity contribution < 1.29 is 18.3 Å². The molecule has 3 aliphatic rings. The first-order chi connectivity index (χ1) is 14.3. The van der Waals surface area contributed by atoms with Crippen molar-refractivity contribution in [2.24, 2.45) is 5.92 Å². The molecule has 162 valence electrons. The third kappa shape index (κ3) is 4.69. The molecule has 0 aromatic heterocycles. The highest BCUT2D eigenvalue weighted by Gasteiger charge is 2.40. The van der Waals surface area contributed by atoms with Gasteiger partial charge in [-0.05, 0) is 42.5 Å². The third-order valence-corrected chi connectivity index (χ3v) is 7.21. The van der Waals surface area contributed by atoms with E-state index < -0.39 is 18.3 Å².